The average molecular weight is 597 g/mol. The number of carbonyl (C=O) groups is 4. The van der Waals surface area contributed by atoms with E-state index in [2.05, 4.69) is 4.99 Å². The number of amides is 1. The molecule has 4 rings (SSSR count). The Morgan fingerprint density at radius 3 is 2.17 bits per heavy atom. The second-order valence-corrected chi connectivity index (χ2v) is 9.60. The van der Waals surface area contributed by atoms with Crippen LogP contribution in [-0.4, -0.2) is 51.4 Å². The fourth-order valence-electron chi connectivity index (χ4n) is 3.86. The van der Waals surface area contributed by atoms with Gasteiger partial charge in [-0.3, -0.25) is 9.59 Å². The SMILES string of the molecule is Cl.NC(N)=Nc1ccc(C(=O)Oc2ccc3cc(C(=O)N(CCC(=O)O)Cc4csc(C(=O)O)c4)ccc3c2)cc1. The second-order valence-electron chi connectivity index (χ2n) is 8.69. The van der Waals surface area contributed by atoms with Crippen LogP contribution in [0.1, 0.15) is 42.4 Å². The van der Waals surface area contributed by atoms with Gasteiger partial charge >= 0.3 is 17.9 Å². The molecule has 1 aromatic heterocycles. The van der Waals surface area contributed by atoms with Crippen molar-refractivity contribution in [1.82, 2.24) is 4.90 Å². The van der Waals surface area contributed by atoms with E-state index in [4.69, 9.17) is 21.3 Å². The third-order valence-corrected chi connectivity index (χ3v) is 6.72. The Morgan fingerprint density at radius 1 is 0.878 bits per heavy atom. The lowest BCUT2D eigenvalue weighted by molar-refractivity contribution is -0.137. The first-order chi connectivity index (χ1) is 19.1. The van der Waals surface area contributed by atoms with E-state index in [0.29, 0.717) is 38.9 Å². The molecular formula is C28H25ClN4O7S. The molecule has 0 saturated carbocycles. The van der Waals surface area contributed by atoms with Crippen LogP contribution in [0.25, 0.3) is 10.8 Å². The number of esters is 1. The fraction of sp³-hybridized carbons (Fsp3) is 0.107. The first kappa shape index (κ1) is 30.6. The molecule has 0 spiro atoms. The van der Waals surface area contributed by atoms with E-state index < -0.39 is 23.8 Å². The lowest BCUT2D eigenvalue weighted by Gasteiger charge is -2.22. The van der Waals surface area contributed by atoms with Gasteiger partial charge in [-0.15, -0.1) is 23.7 Å². The molecule has 0 radical (unpaired) electrons. The number of halogens is 1. The monoisotopic (exact) mass is 596 g/mol. The van der Waals surface area contributed by atoms with Gasteiger partial charge in [0.15, 0.2) is 5.96 Å². The summed E-state index contributed by atoms with van der Waals surface area (Å²) in [5.41, 5.74) is 12.4. The lowest BCUT2D eigenvalue weighted by atomic mass is 10.1. The number of aliphatic carboxylic acids is 1. The number of guanidine groups is 1. The van der Waals surface area contributed by atoms with Gasteiger partial charge in [0.25, 0.3) is 5.91 Å². The van der Waals surface area contributed by atoms with Crippen molar-refractivity contribution in [2.75, 3.05) is 6.54 Å². The first-order valence-corrected chi connectivity index (χ1v) is 12.7. The van der Waals surface area contributed by atoms with Gasteiger partial charge in [0.1, 0.15) is 10.6 Å². The molecule has 6 N–H and O–H groups in total. The van der Waals surface area contributed by atoms with Crippen LogP contribution < -0.4 is 16.2 Å². The zero-order chi connectivity index (χ0) is 28.8. The summed E-state index contributed by atoms with van der Waals surface area (Å²) in [5, 5.41) is 21.4. The molecule has 0 aliphatic carbocycles. The summed E-state index contributed by atoms with van der Waals surface area (Å²) in [4.78, 5) is 53.7. The van der Waals surface area contributed by atoms with Crippen LogP contribution in [-0.2, 0) is 11.3 Å². The molecule has 212 valence electrons. The third kappa shape index (κ3) is 8.03. The first-order valence-electron chi connectivity index (χ1n) is 11.9. The molecule has 4 aromatic rings. The molecule has 0 aliphatic rings. The molecule has 3 aromatic carbocycles. The quantitative estimate of drug-likeness (QED) is 0.0897. The average Bonchev–Trinajstić information content (AvgIpc) is 3.39. The highest BCUT2D eigenvalue weighted by Crippen LogP contribution is 2.25. The summed E-state index contributed by atoms with van der Waals surface area (Å²) in [6.45, 7) is 0.0159. The van der Waals surface area contributed by atoms with E-state index in [1.54, 1.807) is 53.9 Å². The van der Waals surface area contributed by atoms with E-state index in [1.807, 2.05) is 0 Å². The zero-order valence-electron chi connectivity index (χ0n) is 21.4. The van der Waals surface area contributed by atoms with Crippen molar-refractivity contribution in [1.29, 1.82) is 0 Å². The Morgan fingerprint density at radius 2 is 1.54 bits per heavy atom. The summed E-state index contributed by atoms with van der Waals surface area (Å²) in [5.74, 6) is -2.89. The number of aliphatic imine (C=N–C) groups is 1. The van der Waals surface area contributed by atoms with E-state index in [1.165, 1.54) is 23.1 Å². The summed E-state index contributed by atoms with van der Waals surface area (Å²) in [6, 6.07) is 17.6. The molecule has 1 amide bonds. The van der Waals surface area contributed by atoms with Crippen molar-refractivity contribution in [3.63, 3.8) is 0 Å². The van der Waals surface area contributed by atoms with Gasteiger partial charge in [-0.25, -0.2) is 14.6 Å². The fourth-order valence-corrected chi connectivity index (χ4v) is 4.61. The predicted molar refractivity (Wildman–Crippen MR) is 156 cm³/mol. The zero-order valence-corrected chi connectivity index (χ0v) is 23.0. The van der Waals surface area contributed by atoms with Crippen molar-refractivity contribution < 1.29 is 34.1 Å². The van der Waals surface area contributed by atoms with E-state index in [-0.39, 0.29) is 42.8 Å². The lowest BCUT2D eigenvalue weighted by Crippen LogP contribution is -2.32. The summed E-state index contributed by atoms with van der Waals surface area (Å²) < 4.78 is 5.49. The highest BCUT2D eigenvalue weighted by molar-refractivity contribution is 7.12. The molecule has 13 heteroatoms. The predicted octanol–water partition coefficient (Wildman–Crippen LogP) is 4.26. The number of nitrogens with zero attached hydrogens (tertiary/aromatic N) is 2. The molecule has 0 atom stereocenters. The van der Waals surface area contributed by atoms with E-state index in [9.17, 15) is 24.3 Å². The number of nitrogens with two attached hydrogens (primary N) is 2. The van der Waals surface area contributed by atoms with Crippen LogP contribution in [0.5, 0.6) is 5.75 Å². The van der Waals surface area contributed by atoms with Gasteiger partial charge in [-0.05, 0) is 76.3 Å². The molecule has 0 aliphatic heterocycles. The van der Waals surface area contributed by atoms with Gasteiger partial charge in [0.2, 0.25) is 0 Å². The maximum Gasteiger partial charge on any atom is 0.345 e. The topological polar surface area (TPSA) is 186 Å². The van der Waals surface area contributed by atoms with Crippen LogP contribution in [0, 0.1) is 0 Å². The van der Waals surface area contributed by atoms with Gasteiger partial charge in [0, 0.05) is 18.7 Å². The van der Waals surface area contributed by atoms with Gasteiger partial charge < -0.3 is 31.3 Å². The second kappa shape index (κ2) is 13.4. The minimum atomic E-state index is -1.07. The number of carboxylic acid groups (broad SMARTS) is 2. The number of hydrogen-bond acceptors (Lipinski definition) is 7. The maximum atomic E-state index is 13.3. The number of rotatable bonds is 10. The molecular weight excluding hydrogens is 572 g/mol. The Kier molecular flexibility index (Phi) is 10.0. The van der Waals surface area contributed by atoms with Crippen molar-refractivity contribution in [3.05, 3.63) is 93.7 Å². The Bertz CT molecular complexity index is 1630. The van der Waals surface area contributed by atoms with Crippen molar-refractivity contribution in [3.8, 4) is 5.75 Å². The number of benzene rings is 3. The Balaban J connectivity index is 0.00000462. The number of aromatic carboxylic acids is 1. The molecule has 0 bridgehead atoms. The largest absolute Gasteiger partial charge is 0.481 e. The van der Waals surface area contributed by atoms with E-state index >= 15 is 0 Å². The van der Waals surface area contributed by atoms with Crippen LogP contribution in [0.15, 0.2) is 77.1 Å². The van der Waals surface area contributed by atoms with Crippen LogP contribution in [0.4, 0.5) is 5.69 Å². The maximum absolute atomic E-state index is 13.3. The standard InChI is InChI=1S/C28H24N4O7S.ClH/c29-28(30)31-21-6-3-17(4-7-21)27(38)39-22-8-5-18-12-20(2-1-19(18)13-22)25(35)32(10-9-24(33)34)14-16-11-23(26(36)37)40-15-16;/h1-8,11-13,15H,9-10,14H2,(H,33,34)(H,36,37)(H4,29,30,31);1H. The normalized spacial score (nSPS) is 10.3. The summed E-state index contributed by atoms with van der Waals surface area (Å²) >= 11 is 1.04. The Hall–Kier alpha value is -4.94. The highest BCUT2D eigenvalue weighted by atomic mass is 35.5. The molecule has 0 unspecified atom stereocenters. The van der Waals surface area contributed by atoms with Crippen LogP contribution >= 0.6 is 23.7 Å². The smallest absolute Gasteiger partial charge is 0.345 e. The minimum absolute atomic E-state index is 0. The number of fused-ring (bicyclic) bond motifs is 1. The third-order valence-electron chi connectivity index (χ3n) is 5.75. The number of hydrogen-bond donors (Lipinski definition) is 4. The number of carboxylic acids is 2. The summed E-state index contributed by atoms with van der Waals surface area (Å²) in [6.07, 6.45) is -0.263. The Labute approximate surface area is 244 Å². The van der Waals surface area contributed by atoms with Gasteiger partial charge in [0.05, 0.1) is 17.7 Å². The van der Waals surface area contributed by atoms with Crippen LogP contribution in [0.2, 0.25) is 0 Å². The molecule has 11 nitrogen and oxygen atoms in total. The van der Waals surface area contributed by atoms with Crippen molar-refractivity contribution in [2.45, 2.75) is 13.0 Å². The minimum Gasteiger partial charge on any atom is -0.481 e. The number of ether oxygens (including phenoxy) is 1. The van der Waals surface area contributed by atoms with Crippen molar-refractivity contribution >= 4 is 70.0 Å². The van der Waals surface area contributed by atoms with E-state index in [0.717, 1.165) is 11.3 Å². The molecule has 0 fully saturated rings. The number of carbonyl (C=O) groups excluding carboxylic acids is 2. The van der Waals surface area contributed by atoms with Crippen molar-refractivity contribution in [2.24, 2.45) is 16.5 Å². The number of thiophene rings is 1. The highest BCUT2D eigenvalue weighted by Gasteiger charge is 2.19. The summed E-state index contributed by atoms with van der Waals surface area (Å²) in [7, 11) is 0. The molecule has 0 saturated heterocycles. The van der Waals surface area contributed by atoms with Crippen LogP contribution in [0.3, 0.4) is 0 Å². The molecule has 41 heavy (non-hydrogen) atoms. The molecule has 1 heterocycles. The van der Waals surface area contributed by atoms with Gasteiger partial charge in [-0.1, -0.05) is 12.1 Å². The van der Waals surface area contributed by atoms with Gasteiger partial charge in [-0.2, -0.15) is 0 Å².